The minimum absolute atomic E-state index is 0.0606. The second-order valence-corrected chi connectivity index (χ2v) is 7.18. The van der Waals surface area contributed by atoms with E-state index < -0.39 is 18.2 Å². The molecule has 0 fully saturated rings. The zero-order chi connectivity index (χ0) is 22.2. The van der Waals surface area contributed by atoms with Crippen LogP contribution in [0.3, 0.4) is 0 Å². The minimum atomic E-state index is -3.50. The first-order valence-corrected chi connectivity index (χ1v) is 9.39. The zero-order valence-electron chi connectivity index (χ0n) is 15.4. The number of halogens is 4. The average molecular weight is 462 g/mol. The first-order valence-electron chi connectivity index (χ1n) is 8.64. The third kappa shape index (κ3) is 3.98. The van der Waals surface area contributed by atoms with Crippen molar-refractivity contribution in [2.24, 2.45) is 0 Å². The Bertz CT molecular complexity index is 1310. The Kier molecular flexibility index (Phi) is 5.41. The largest absolute Gasteiger partial charge is 0.390 e. The number of pyridine rings is 1. The summed E-state index contributed by atoms with van der Waals surface area (Å²) < 4.78 is 28.9. The second kappa shape index (κ2) is 8.03. The number of nitriles is 1. The lowest BCUT2D eigenvalue weighted by Crippen LogP contribution is -2.20. The number of benzene rings is 1. The number of hydrogen-bond donors (Lipinski definition) is 2. The van der Waals surface area contributed by atoms with Gasteiger partial charge >= 0.3 is 5.92 Å². The summed E-state index contributed by atoms with van der Waals surface area (Å²) in [7, 11) is 0. The van der Waals surface area contributed by atoms with E-state index >= 15 is 0 Å². The normalized spacial score (nSPS) is 11.5. The van der Waals surface area contributed by atoms with Crippen molar-refractivity contribution < 1.29 is 13.9 Å². The first kappa shape index (κ1) is 20.9. The van der Waals surface area contributed by atoms with Crippen molar-refractivity contribution in [3.63, 3.8) is 0 Å². The van der Waals surface area contributed by atoms with Gasteiger partial charge in [-0.1, -0.05) is 23.2 Å². The van der Waals surface area contributed by atoms with Gasteiger partial charge in [0, 0.05) is 23.7 Å². The summed E-state index contributed by atoms with van der Waals surface area (Å²) in [6, 6.07) is 7.55. The quantitative estimate of drug-likeness (QED) is 0.457. The van der Waals surface area contributed by atoms with Crippen LogP contribution in [0.5, 0.6) is 0 Å². The highest BCUT2D eigenvalue weighted by molar-refractivity contribution is 6.38. The molecule has 4 rings (SSSR count). The molecule has 0 amide bonds. The van der Waals surface area contributed by atoms with Gasteiger partial charge in [-0.15, -0.1) is 0 Å². The van der Waals surface area contributed by atoms with Crippen molar-refractivity contribution in [2.75, 3.05) is 11.9 Å². The van der Waals surface area contributed by atoms with Gasteiger partial charge in [0.1, 0.15) is 36.0 Å². The number of nitrogens with zero attached hydrogens (tertiary/aromatic N) is 6. The number of nitrogens with one attached hydrogen (secondary N) is 1. The van der Waals surface area contributed by atoms with Crippen LogP contribution in [0.2, 0.25) is 10.0 Å². The molecule has 0 atom stereocenters. The van der Waals surface area contributed by atoms with Crippen LogP contribution in [0.15, 0.2) is 43.0 Å². The van der Waals surface area contributed by atoms with Crippen molar-refractivity contribution in [2.45, 2.75) is 5.92 Å². The Labute approximate surface area is 183 Å². The molecule has 12 heteroatoms. The molecule has 8 nitrogen and oxygen atoms in total. The van der Waals surface area contributed by atoms with E-state index in [4.69, 9.17) is 33.6 Å². The highest BCUT2D eigenvalue weighted by Gasteiger charge is 2.32. The number of aromatic nitrogens is 5. The van der Waals surface area contributed by atoms with Crippen LogP contribution in [0.4, 0.5) is 20.4 Å². The Balaban J connectivity index is 1.74. The van der Waals surface area contributed by atoms with Crippen LogP contribution >= 0.6 is 23.2 Å². The van der Waals surface area contributed by atoms with Crippen molar-refractivity contribution in [1.82, 2.24) is 24.7 Å². The smallest absolute Gasteiger partial charge is 0.312 e. The van der Waals surface area contributed by atoms with Gasteiger partial charge in [0.15, 0.2) is 0 Å². The molecule has 0 aliphatic rings. The van der Waals surface area contributed by atoms with E-state index in [0.717, 1.165) is 12.4 Å². The van der Waals surface area contributed by atoms with Gasteiger partial charge in [-0.05, 0) is 12.1 Å². The summed E-state index contributed by atoms with van der Waals surface area (Å²) in [5.74, 6) is -3.16. The van der Waals surface area contributed by atoms with Crippen LogP contribution in [-0.4, -0.2) is 36.4 Å². The molecule has 0 saturated carbocycles. The standard InChI is InChI=1S/C19H11Cl2F2N7O/c20-12-1-10(5-24)2-13(21)18(12)30-14-3-16(25-6-11(14)7-28-30)29-17-4-15(26-9-27-17)19(22,23)8-31/h1-4,6-7,9,31H,8H2,(H,25,26,27,29). The lowest BCUT2D eigenvalue weighted by atomic mass is 10.2. The van der Waals surface area contributed by atoms with Gasteiger partial charge in [-0.3, -0.25) is 0 Å². The van der Waals surface area contributed by atoms with Gasteiger partial charge in [0.2, 0.25) is 0 Å². The SMILES string of the molecule is N#Cc1cc(Cl)c(-n2ncc3cnc(Nc4cc(C(F)(F)CO)ncn4)cc32)c(Cl)c1. The summed E-state index contributed by atoms with van der Waals surface area (Å²) >= 11 is 12.6. The lowest BCUT2D eigenvalue weighted by Gasteiger charge is -2.13. The van der Waals surface area contributed by atoms with Gasteiger partial charge in [0.25, 0.3) is 0 Å². The maximum absolute atomic E-state index is 13.7. The molecule has 0 spiro atoms. The predicted molar refractivity (Wildman–Crippen MR) is 110 cm³/mol. The number of aliphatic hydroxyl groups is 1. The molecule has 3 aromatic heterocycles. The Morgan fingerprint density at radius 2 is 1.77 bits per heavy atom. The van der Waals surface area contributed by atoms with Crippen LogP contribution in [-0.2, 0) is 5.92 Å². The monoisotopic (exact) mass is 461 g/mol. The number of fused-ring (bicyclic) bond motifs is 1. The van der Waals surface area contributed by atoms with Crippen molar-refractivity contribution in [1.29, 1.82) is 5.26 Å². The van der Waals surface area contributed by atoms with Gasteiger partial charge < -0.3 is 10.4 Å². The fraction of sp³-hybridized carbons (Fsp3) is 0.105. The highest BCUT2D eigenvalue weighted by atomic mass is 35.5. The zero-order valence-corrected chi connectivity index (χ0v) is 16.9. The third-order valence-electron chi connectivity index (χ3n) is 4.31. The van der Waals surface area contributed by atoms with E-state index in [1.165, 1.54) is 23.0 Å². The average Bonchev–Trinajstić information content (AvgIpc) is 3.16. The number of rotatable bonds is 5. The van der Waals surface area contributed by atoms with Crippen molar-refractivity contribution >= 4 is 45.7 Å². The Morgan fingerprint density at radius 1 is 1.06 bits per heavy atom. The molecule has 0 aliphatic carbocycles. The molecule has 0 radical (unpaired) electrons. The summed E-state index contributed by atoms with van der Waals surface area (Å²) in [5, 5.41) is 26.1. The van der Waals surface area contributed by atoms with Crippen LogP contribution < -0.4 is 5.32 Å². The maximum Gasteiger partial charge on any atom is 0.312 e. The molecule has 3 heterocycles. The lowest BCUT2D eigenvalue weighted by molar-refractivity contribution is -0.0592. The van der Waals surface area contributed by atoms with E-state index in [2.05, 4.69) is 25.4 Å². The molecular weight excluding hydrogens is 451 g/mol. The summed E-state index contributed by atoms with van der Waals surface area (Å²) in [5.41, 5.74) is 0.621. The number of anilines is 2. The van der Waals surface area contributed by atoms with Crippen LogP contribution in [0.25, 0.3) is 16.6 Å². The highest BCUT2D eigenvalue weighted by Crippen LogP contribution is 2.33. The minimum Gasteiger partial charge on any atom is -0.390 e. The number of alkyl halides is 2. The van der Waals surface area contributed by atoms with E-state index in [-0.39, 0.29) is 21.7 Å². The molecule has 1 aromatic carbocycles. The molecule has 4 aromatic rings. The first-order chi connectivity index (χ1) is 14.8. The van der Waals surface area contributed by atoms with Crippen LogP contribution in [0, 0.1) is 11.3 Å². The molecule has 31 heavy (non-hydrogen) atoms. The Morgan fingerprint density at radius 3 is 2.45 bits per heavy atom. The third-order valence-corrected chi connectivity index (χ3v) is 4.88. The molecule has 0 unspecified atom stereocenters. The molecule has 0 bridgehead atoms. The van der Waals surface area contributed by atoms with Gasteiger partial charge in [-0.25, -0.2) is 19.6 Å². The maximum atomic E-state index is 13.7. The van der Waals surface area contributed by atoms with Gasteiger partial charge in [-0.2, -0.15) is 19.1 Å². The molecular formula is C19H11Cl2F2N7O. The Hall–Kier alpha value is -3.39. The van der Waals surface area contributed by atoms with Crippen LogP contribution in [0.1, 0.15) is 11.3 Å². The van der Waals surface area contributed by atoms with E-state index in [9.17, 15) is 8.78 Å². The topological polar surface area (TPSA) is 113 Å². The second-order valence-electron chi connectivity index (χ2n) is 6.36. The molecule has 0 saturated heterocycles. The van der Waals surface area contributed by atoms with Gasteiger partial charge in [0.05, 0.1) is 33.4 Å². The number of hydrogen-bond acceptors (Lipinski definition) is 7. The fourth-order valence-corrected chi connectivity index (χ4v) is 3.48. The van der Waals surface area contributed by atoms with Crippen molar-refractivity contribution in [3.05, 3.63) is 64.3 Å². The fourth-order valence-electron chi connectivity index (χ4n) is 2.84. The molecule has 156 valence electrons. The van der Waals surface area contributed by atoms with E-state index in [1.54, 1.807) is 12.3 Å². The van der Waals surface area contributed by atoms with Crippen molar-refractivity contribution in [3.8, 4) is 11.8 Å². The van der Waals surface area contributed by atoms with E-state index in [0.29, 0.717) is 22.2 Å². The predicted octanol–water partition coefficient (Wildman–Crippen LogP) is 4.22. The number of aliphatic hydroxyl groups excluding tert-OH is 1. The molecule has 0 aliphatic heterocycles. The molecule has 2 N–H and O–H groups in total. The summed E-state index contributed by atoms with van der Waals surface area (Å²) in [6.07, 6.45) is 4.04. The summed E-state index contributed by atoms with van der Waals surface area (Å²) in [6.45, 7) is -1.38. The summed E-state index contributed by atoms with van der Waals surface area (Å²) in [4.78, 5) is 11.6. The van der Waals surface area contributed by atoms with E-state index in [1.807, 2.05) is 6.07 Å².